The summed E-state index contributed by atoms with van der Waals surface area (Å²) >= 11 is 0. The van der Waals surface area contributed by atoms with Crippen molar-refractivity contribution in [2.24, 2.45) is 5.41 Å². The Morgan fingerprint density at radius 3 is 2.12 bits per heavy atom. The van der Waals surface area contributed by atoms with E-state index in [0.717, 1.165) is 18.8 Å². The molecule has 1 aromatic rings. The van der Waals surface area contributed by atoms with E-state index in [1.807, 2.05) is 0 Å². The van der Waals surface area contributed by atoms with Crippen LogP contribution in [0, 0.1) is 5.41 Å². The molecule has 1 fully saturated rings. The number of ether oxygens (including phenoxy) is 2. The topological polar surface area (TPSA) is 18.5 Å². The van der Waals surface area contributed by atoms with Crippen molar-refractivity contribution in [1.82, 2.24) is 0 Å². The molecule has 1 aliphatic heterocycles. The molecule has 0 aromatic heterocycles. The molecule has 0 bridgehead atoms. The van der Waals surface area contributed by atoms with E-state index in [1.54, 1.807) is 0 Å². The molecule has 2 nitrogen and oxygen atoms in total. The second-order valence-corrected chi connectivity index (χ2v) is 7.77. The van der Waals surface area contributed by atoms with Gasteiger partial charge in [-0.1, -0.05) is 83.6 Å². The quantitative estimate of drug-likeness (QED) is 0.459. The molecule has 0 N–H and O–H groups in total. The van der Waals surface area contributed by atoms with E-state index in [1.165, 1.54) is 63.4 Å². The SMILES string of the molecule is CCCCCC[C@]1(C)CO[C@@H](c2ccc(CCCCC)cc2)OC1. The molecule has 0 radical (unpaired) electrons. The van der Waals surface area contributed by atoms with E-state index in [4.69, 9.17) is 9.47 Å². The highest BCUT2D eigenvalue weighted by Crippen LogP contribution is 2.35. The van der Waals surface area contributed by atoms with Crippen molar-refractivity contribution >= 4 is 0 Å². The van der Waals surface area contributed by atoms with Crippen molar-refractivity contribution in [3.63, 3.8) is 0 Å². The summed E-state index contributed by atoms with van der Waals surface area (Å²) in [7, 11) is 0. The normalized spacial score (nSPS) is 24.2. The molecular weight excluding hydrogens is 296 g/mol. The lowest BCUT2D eigenvalue weighted by Gasteiger charge is -2.37. The van der Waals surface area contributed by atoms with E-state index in [2.05, 4.69) is 45.0 Å². The molecule has 1 aromatic carbocycles. The minimum atomic E-state index is -0.182. The van der Waals surface area contributed by atoms with Gasteiger partial charge in [0.05, 0.1) is 13.2 Å². The minimum absolute atomic E-state index is 0.182. The predicted octanol–water partition coefficient (Wildman–Crippen LogP) is 6.44. The van der Waals surface area contributed by atoms with Crippen molar-refractivity contribution in [3.8, 4) is 0 Å². The summed E-state index contributed by atoms with van der Waals surface area (Å²) in [6.07, 6.45) is 11.3. The number of hydrogen-bond acceptors (Lipinski definition) is 2. The van der Waals surface area contributed by atoms with Crippen LogP contribution in [0.25, 0.3) is 0 Å². The Hall–Kier alpha value is -0.860. The van der Waals surface area contributed by atoms with Crippen LogP contribution in [0.2, 0.25) is 0 Å². The molecule has 0 spiro atoms. The fourth-order valence-electron chi connectivity index (χ4n) is 3.38. The van der Waals surface area contributed by atoms with Gasteiger partial charge in [0.15, 0.2) is 6.29 Å². The first-order valence-corrected chi connectivity index (χ1v) is 9.99. The van der Waals surface area contributed by atoms with Gasteiger partial charge in [-0.25, -0.2) is 0 Å². The predicted molar refractivity (Wildman–Crippen MR) is 101 cm³/mol. The van der Waals surface area contributed by atoms with Gasteiger partial charge in [0, 0.05) is 11.0 Å². The van der Waals surface area contributed by atoms with Gasteiger partial charge in [0.25, 0.3) is 0 Å². The second-order valence-electron chi connectivity index (χ2n) is 7.77. The van der Waals surface area contributed by atoms with E-state index in [-0.39, 0.29) is 11.7 Å². The number of unbranched alkanes of at least 4 members (excludes halogenated alkanes) is 5. The van der Waals surface area contributed by atoms with Crippen LogP contribution in [0.15, 0.2) is 24.3 Å². The standard InChI is InChI=1S/C22H36O2/c1-4-6-8-10-16-22(3)17-23-21(24-18-22)20-14-12-19(13-15-20)11-9-7-5-2/h12-15,21H,4-11,16-18H2,1-3H3/t21-,22-. The highest BCUT2D eigenvalue weighted by Gasteiger charge is 2.32. The molecule has 24 heavy (non-hydrogen) atoms. The summed E-state index contributed by atoms with van der Waals surface area (Å²) in [4.78, 5) is 0. The Labute approximate surface area is 148 Å². The largest absolute Gasteiger partial charge is 0.348 e. The monoisotopic (exact) mass is 332 g/mol. The third-order valence-corrected chi connectivity index (χ3v) is 5.12. The number of rotatable bonds is 10. The van der Waals surface area contributed by atoms with E-state index < -0.39 is 0 Å². The molecule has 1 aliphatic rings. The summed E-state index contributed by atoms with van der Waals surface area (Å²) in [5.41, 5.74) is 2.76. The zero-order chi connectivity index (χ0) is 17.3. The number of benzene rings is 1. The van der Waals surface area contributed by atoms with Gasteiger partial charge in [-0.15, -0.1) is 0 Å². The fraction of sp³-hybridized carbons (Fsp3) is 0.727. The first-order chi connectivity index (χ1) is 11.7. The van der Waals surface area contributed by atoms with Crippen LogP contribution in [-0.2, 0) is 15.9 Å². The highest BCUT2D eigenvalue weighted by molar-refractivity contribution is 5.23. The van der Waals surface area contributed by atoms with Crippen LogP contribution < -0.4 is 0 Å². The number of hydrogen-bond donors (Lipinski definition) is 0. The maximum absolute atomic E-state index is 6.05. The smallest absolute Gasteiger partial charge is 0.183 e. The second kappa shape index (κ2) is 10.2. The Kier molecular flexibility index (Phi) is 8.28. The van der Waals surface area contributed by atoms with Gasteiger partial charge >= 0.3 is 0 Å². The third kappa shape index (κ3) is 6.22. The lowest BCUT2D eigenvalue weighted by Crippen LogP contribution is -2.36. The fourth-order valence-corrected chi connectivity index (χ4v) is 3.38. The van der Waals surface area contributed by atoms with Crippen LogP contribution in [0.1, 0.15) is 89.6 Å². The van der Waals surface area contributed by atoms with Crippen molar-refractivity contribution in [2.75, 3.05) is 13.2 Å². The molecule has 136 valence electrons. The molecule has 1 heterocycles. The molecule has 1 saturated heterocycles. The molecule has 2 heteroatoms. The molecule has 0 saturated carbocycles. The van der Waals surface area contributed by atoms with E-state index >= 15 is 0 Å². The van der Waals surface area contributed by atoms with Crippen LogP contribution in [0.5, 0.6) is 0 Å². The van der Waals surface area contributed by atoms with Crippen LogP contribution in [0.4, 0.5) is 0 Å². The van der Waals surface area contributed by atoms with Gasteiger partial charge in [-0.2, -0.15) is 0 Å². The Morgan fingerprint density at radius 2 is 1.50 bits per heavy atom. The Bertz CT molecular complexity index is 444. The molecule has 0 aliphatic carbocycles. The maximum Gasteiger partial charge on any atom is 0.183 e. The van der Waals surface area contributed by atoms with Crippen LogP contribution in [-0.4, -0.2) is 13.2 Å². The summed E-state index contributed by atoms with van der Waals surface area (Å²) < 4.78 is 12.1. The van der Waals surface area contributed by atoms with Gasteiger partial charge in [0.2, 0.25) is 0 Å². The Morgan fingerprint density at radius 1 is 0.875 bits per heavy atom. The average Bonchev–Trinajstić information content (AvgIpc) is 2.61. The first kappa shape index (κ1) is 19.5. The molecule has 0 unspecified atom stereocenters. The first-order valence-electron chi connectivity index (χ1n) is 9.99. The van der Waals surface area contributed by atoms with E-state index in [9.17, 15) is 0 Å². The molecule has 0 atom stereocenters. The van der Waals surface area contributed by atoms with Crippen molar-refractivity contribution < 1.29 is 9.47 Å². The summed E-state index contributed by atoms with van der Waals surface area (Å²) in [5.74, 6) is 0. The van der Waals surface area contributed by atoms with Crippen molar-refractivity contribution in [3.05, 3.63) is 35.4 Å². The molecule has 0 amide bonds. The zero-order valence-electron chi connectivity index (χ0n) is 16.0. The highest BCUT2D eigenvalue weighted by atomic mass is 16.7. The van der Waals surface area contributed by atoms with Crippen LogP contribution in [0.3, 0.4) is 0 Å². The molecular formula is C22H36O2. The average molecular weight is 333 g/mol. The third-order valence-electron chi connectivity index (χ3n) is 5.12. The van der Waals surface area contributed by atoms with E-state index in [0.29, 0.717) is 0 Å². The van der Waals surface area contributed by atoms with Gasteiger partial charge in [-0.05, 0) is 24.8 Å². The van der Waals surface area contributed by atoms with Crippen molar-refractivity contribution in [1.29, 1.82) is 0 Å². The van der Waals surface area contributed by atoms with Gasteiger partial charge in [-0.3, -0.25) is 0 Å². The van der Waals surface area contributed by atoms with Gasteiger partial charge in [0.1, 0.15) is 0 Å². The maximum atomic E-state index is 6.05. The Balaban J connectivity index is 1.77. The number of aryl methyl sites for hydroxylation is 1. The zero-order valence-corrected chi connectivity index (χ0v) is 16.0. The van der Waals surface area contributed by atoms with Gasteiger partial charge < -0.3 is 9.47 Å². The lowest BCUT2D eigenvalue weighted by atomic mass is 9.85. The van der Waals surface area contributed by atoms with Crippen LogP contribution >= 0.6 is 0 Å². The summed E-state index contributed by atoms with van der Waals surface area (Å²) in [6.45, 7) is 8.42. The molecule has 2 rings (SSSR count). The minimum Gasteiger partial charge on any atom is -0.348 e. The lowest BCUT2D eigenvalue weighted by molar-refractivity contribution is -0.232. The summed E-state index contributed by atoms with van der Waals surface area (Å²) in [6, 6.07) is 8.82. The van der Waals surface area contributed by atoms with Crippen molar-refractivity contribution in [2.45, 2.75) is 84.8 Å². The summed E-state index contributed by atoms with van der Waals surface area (Å²) in [5, 5.41) is 0.